The molecule has 2 rings (SSSR count). The Bertz CT molecular complexity index is 414. The summed E-state index contributed by atoms with van der Waals surface area (Å²) in [5, 5.41) is 0.262. The van der Waals surface area contributed by atoms with Gasteiger partial charge in [0.1, 0.15) is 23.1 Å². The molecule has 2 unspecified atom stereocenters. The van der Waals surface area contributed by atoms with E-state index in [1.165, 1.54) is 12.4 Å². The summed E-state index contributed by atoms with van der Waals surface area (Å²) in [5.74, 6) is -0.194. The fourth-order valence-corrected chi connectivity index (χ4v) is 2.04. The normalized spacial score (nSPS) is 23.4. The first kappa shape index (κ1) is 13.2. The Labute approximate surface area is 110 Å². The van der Waals surface area contributed by atoms with Gasteiger partial charge >= 0.3 is 0 Å². The fourth-order valence-electron chi connectivity index (χ4n) is 1.95. The molecule has 0 aliphatic carbocycles. The number of hydrogen-bond acceptors (Lipinski definition) is 5. The van der Waals surface area contributed by atoms with Crippen LogP contribution in [0.4, 0.5) is 0 Å². The van der Waals surface area contributed by atoms with Crippen LogP contribution in [0, 0.1) is 0 Å². The van der Waals surface area contributed by atoms with E-state index in [-0.39, 0.29) is 29.0 Å². The summed E-state index contributed by atoms with van der Waals surface area (Å²) in [4.78, 5) is 21.6. The van der Waals surface area contributed by atoms with Gasteiger partial charge in [0.25, 0.3) is 5.91 Å². The van der Waals surface area contributed by atoms with Crippen LogP contribution in [-0.2, 0) is 9.47 Å². The van der Waals surface area contributed by atoms with Gasteiger partial charge in [-0.15, -0.1) is 0 Å². The van der Waals surface area contributed by atoms with Gasteiger partial charge in [0.2, 0.25) is 0 Å². The van der Waals surface area contributed by atoms with Gasteiger partial charge in [-0.25, -0.2) is 9.97 Å². The van der Waals surface area contributed by atoms with Crippen LogP contribution in [-0.4, -0.2) is 60.3 Å². The first-order valence-electron chi connectivity index (χ1n) is 5.48. The lowest BCUT2D eigenvalue weighted by atomic mass is 10.3. The summed E-state index contributed by atoms with van der Waals surface area (Å²) in [6.45, 7) is 0.969. The van der Waals surface area contributed by atoms with Crippen molar-refractivity contribution in [3.63, 3.8) is 0 Å². The Morgan fingerprint density at radius 1 is 1.28 bits per heavy atom. The van der Waals surface area contributed by atoms with Crippen molar-refractivity contribution in [1.82, 2.24) is 14.9 Å². The van der Waals surface area contributed by atoms with Gasteiger partial charge in [-0.3, -0.25) is 4.79 Å². The van der Waals surface area contributed by atoms with Gasteiger partial charge in [0.05, 0.1) is 12.4 Å². The van der Waals surface area contributed by atoms with Crippen LogP contribution in [0.2, 0.25) is 5.15 Å². The van der Waals surface area contributed by atoms with Gasteiger partial charge in [-0.1, -0.05) is 11.6 Å². The number of amides is 1. The monoisotopic (exact) mass is 271 g/mol. The summed E-state index contributed by atoms with van der Waals surface area (Å²) in [7, 11) is 3.21. The molecule has 1 aliphatic rings. The van der Waals surface area contributed by atoms with E-state index in [9.17, 15) is 4.79 Å². The second kappa shape index (κ2) is 5.60. The van der Waals surface area contributed by atoms with E-state index in [0.717, 1.165) is 0 Å². The van der Waals surface area contributed by atoms with Crippen LogP contribution in [0.5, 0.6) is 0 Å². The number of methoxy groups -OCH3 is 2. The Balaban J connectivity index is 2.09. The topological polar surface area (TPSA) is 64.5 Å². The summed E-state index contributed by atoms with van der Waals surface area (Å²) < 4.78 is 10.5. The van der Waals surface area contributed by atoms with Gasteiger partial charge in [0.15, 0.2) is 0 Å². The fraction of sp³-hybridized carbons (Fsp3) is 0.545. The van der Waals surface area contributed by atoms with Crippen LogP contribution in [0.25, 0.3) is 0 Å². The molecule has 1 fully saturated rings. The first-order chi connectivity index (χ1) is 8.65. The summed E-state index contributed by atoms with van der Waals surface area (Å²) >= 11 is 5.63. The molecule has 0 radical (unpaired) electrons. The van der Waals surface area contributed by atoms with Crippen molar-refractivity contribution in [2.24, 2.45) is 0 Å². The lowest BCUT2D eigenvalue weighted by Crippen LogP contribution is -2.30. The Morgan fingerprint density at radius 3 is 2.33 bits per heavy atom. The quantitative estimate of drug-likeness (QED) is 0.806. The third-order valence-corrected chi connectivity index (χ3v) is 3.14. The molecule has 0 spiro atoms. The summed E-state index contributed by atoms with van der Waals surface area (Å²) in [6, 6.07) is 0. The highest BCUT2D eigenvalue weighted by molar-refractivity contribution is 6.29. The largest absolute Gasteiger partial charge is 0.377 e. The number of carbonyl (C=O) groups excluding carboxylic acids is 1. The van der Waals surface area contributed by atoms with Crippen molar-refractivity contribution in [2.45, 2.75) is 12.2 Å². The van der Waals surface area contributed by atoms with Crippen molar-refractivity contribution >= 4 is 17.5 Å². The molecule has 0 N–H and O–H groups in total. The zero-order valence-electron chi connectivity index (χ0n) is 10.2. The molecule has 98 valence electrons. The smallest absolute Gasteiger partial charge is 0.274 e. The molecule has 6 nitrogen and oxygen atoms in total. The minimum atomic E-state index is -0.194. The molecule has 18 heavy (non-hydrogen) atoms. The highest BCUT2D eigenvalue weighted by Gasteiger charge is 2.36. The van der Waals surface area contributed by atoms with Crippen LogP contribution in [0.15, 0.2) is 12.4 Å². The van der Waals surface area contributed by atoms with Crippen LogP contribution < -0.4 is 0 Å². The molecular weight excluding hydrogens is 258 g/mol. The number of likely N-dealkylation sites (tertiary alicyclic amines) is 1. The third kappa shape index (κ3) is 2.60. The lowest BCUT2D eigenvalue weighted by Gasteiger charge is -2.14. The molecule has 2 heterocycles. The summed E-state index contributed by atoms with van der Waals surface area (Å²) in [6.07, 6.45) is 2.50. The van der Waals surface area contributed by atoms with E-state index in [2.05, 4.69) is 9.97 Å². The van der Waals surface area contributed by atoms with E-state index in [4.69, 9.17) is 21.1 Å². The van der Waals surface area contributed by atoms with E-state index in [1.54, 1.807) is 19.1 Å². The minimum Gasteiger partial charge on any atom is -0.377 e. The first-order valence-corrected chi connectivity index (χ1v) is 5.86. The molecule has 2 atom stereocenters. The number of hydrogen-bond donors (Lipinski definition) is 0. The van der Waals surface area contributed by atoms with Crippen molar-refractivity contribution in [3.8, 4) is 0 Å². The Kier molecular flexibility index (Phi) is 4.11. The second-order valence-electron chi connectivity index (χ2n) is 3.98. The maximum Gasteiger partial charge on any atom is 0.274 e. The molecule has 0 bridgehead atoms. The zero-order chi connectivity index (χ0) is 13.1. The van der Waals surface area contributed by atoms with Crippen molar-refractivity contribution < 1.29 is 14.3 Å². The molecular formula is C11H14ClN3O3. The average molecular weight is 272 g/mol. The highest BCUT2D eigenvalue weighted by atomic mass is 35.5. The van der Waals surface area contributed by atoms with Crippen LogP contribution in [0.1, 0.15) is 10.5 Å². The molecule has 1 aromatic rings. The predicted octanol–water partition coefficient (Wildman–Crippen LogP) is 0.616. The zero-order valence-corrected chi connectivity index (χ0v) is 10.9. The molecule has 1 saturated heterocycles. The number of aromatic nitrogens is 2. The number of carbonyl (C=O) groups is 1. The average Bonchev–Trinajstić information content (AvgIpc) is 2.82. The predicted molar refractivity (Wildman–Crippen MR) is 64.5 cm³/mol. The molecule has 7 heteroatoms. The van der Waals surface area contributed by atoms with Crippen LogP contribution >= 0.6 is 11.6 Å². The third-order valence-electron chi connectivity index (χ3n) is 2.95. The van der Waals surface area contributed by atoms with Crippen molar-refractivity contribution in [2.75, 3.05) is 27.3 Å². The van der Waals surface area contributed by atoms with E-state index in [0.29, 0.717) is 13.1 Å². The van der Waals surface area contributed by atoms with E-state index in [1.807, 2.05) is 0 Å². The van der Waals surface area contributed by atoms with Gasteiger partial charge in [-0.2, -0.15) is 0 Å². The minimum absolute atomic E-state index is 0.112. The maximum atomic E-state index is 12.2. The molecule has 1 amide bonds. The highest BCUT2D eigenvalue weighted by Crippen LogP contribution is 2.17. The number of halogens is 1. The molecule has 0 aromatic carbocycles. The van der Waals surface area contributed by atoms with Crippen molar-refractivity contribution in [1.29, 1.82) is 0 Å². The van der Waals surface area contributed by atoms with Crippen molar-refractivity contribution in [3.05, 3.63) is 23.2 Å². The standard InChI is InChI=1S/C11H14ClN3O3/c1-17-8-5-15(6-9(8)18-2)11(16)7-3-14-10(12)4-13-7/h3-4,8-9H,5-6H2,1-2H3. The Hall–Kier alpha value is -1.24. The van der Waals surface area contributed by atoms with Gasteiger partial charge in [0, 0.05) is 27.3 Å². The number of rotatable bonds is 3. The van der Waals surface area contributed by atoms with E-state index < -0.39 is 0 Å². The molecule has 0 saturated carbocycles. The van der Waals surface area contributed by atoms with Crippen LogP contribution in [0.3, 0.4) is 0 Å². The Morgan fingerprint density at radius 2 is 1.89 bits per heavy atom. The molecule has 1 aliphatic heterocycles. The maximum absolute atomic E-state index is 12.2. The van der Waals surface area contributed by atoms with E-state index >= 15 is 0 Å². The SMILES string of the molecule is COC1CN(C(=O)c2cnc(Cl)cn2)CC1OC. The second-order valence-corrected chi connectivity index (χ2v) is 4.37. The number of ether oxygens (including phenoxy) is 2. The lowest BCUT2D eigenvalue weighted by molar-refractivity contribution is -0.00461. The number of nitrogens with zero attached hydrogens (tertiary/aromatic N) is 3. The molecule has 1 aromatic heterocycles. The van der Waals surface area contributed by atoms with Gasteiger partial charge < -0.3 is 14.4 Å². The van der Waals surface area contributed by atoms with Gasteiger partial charge in [-0.05, 0) is 0 Å². The summed E-state index contributed by atoms with van der Waals surface area (Å²) in [5.41, 5.74) is 0.269.